The van der Waals surface area contributed by atoms with Gasteiger partial charge in [-0.3, -0.25) is 24.6 Å². The quantitative estimate of drug-likeness (QED) is 0.0212. The molecule has 3 atom stereocenters. The first-order chi connectivity index (χ1) is 36.2. The Bertz CT molecular complexity index is 2680. The first-order valence-corrected chi connectivity index (χ1v) is 27.2. The van der Waals surface area contributed by atoms with Gasteiger partial charge in [-0.25, -0.2) is 4.98 Å². The van der Waals surface area contributed by atoms with Crippen LogP contribution < -0.4 is 31.0 Å². The number of morpholine rings is 1. The Kier molecular flexibility index (Phi) is 20.7. The van der Waals surface area contributed by atoms with Gasteiger partial charge in [0.05, 0.1) is 48.2 Å². The van der Waals surface area contributed by atoms with Gasteiger partial charge in [0.2, 0.25) is 23.6 Å². The van der Waals surface area contributed by atoms with Crippen LogP contribution in [0.25, 0.3) is 10.4 Å². The third kappa shape index (κ3) is 17.4. The molecule has 5 N–H and O–H groups in total. The average molecular weight is 1040 g/mol. The van der Waals surface area contributed by atoms with Gasteiger partial charge in [-0.1, -0.05) is 119 Å². The summed E-state index contributed by atoms with van der Waals surface area (Å²) in [5.74, 6) is 0.331. The standard InChI is InChI=1S/C57H74N10O7S/c1-39-14-13-15-43(32-39)36-60-65-48-34-49(66-27-30-73-31-28-66)63-56(62-48)74-29-26-41-20-24-45(25-21-41)61-50(69)16-11-9-7-6-8-10-12-17-51(70)64-53(57(3,4)5)55(72)67-37-46(68)33-47(67)54(71)58-35-42-18-22-44(23-19-42)52-40(2)59-38-75-52/h13-15,18-25,32,34,36,38,46-47,53,68H,6-12,16-17,26-31,33,35,37H2,1-5H3,(H,58,71)(H,61,69)(H,64,70)(H,62,63,65)/b60-36+/t46-,47+,53-/m1/s1. The molecule has 18 heteroatoms. The molecule has 2 aliphatic heterocycles. The molecule has 0 bridgehead atoms. The van der Waals surface area contributed by atoms with Crippen molar-refractivity contribution in [2.24, 2.45) is 10.5 Å². The van der Waals surface area contributed by atoms with Crippen LogP contribution in [0.4, 0.5) is 17.3 Å². The number of hydrogen-bond acceptors (Lipinski definition) is 14. The van der Waals surface area contributed by atoms with E-state index < -0.39 is 23.6 Å². The zero-order valence-electron chi connectivity index (χ0n) is 44.1. The highest BCUT2D eigenvalue weighted by molar-refractivity contribution is 7.13. The molecule has 0 radical (unpaired) electrons. The summed E-state index contributed by atoms with van der Waals surface area (Å²) in [6.45, 7) is 13.0. The highest BCUT2D eigenvalue weighted by Crippen LogP contribution is 2.29. The van der Waals surface area contributed by atoms with Crippen LogP contribution in [0, 0.1) is 19.3 Å². The van der Waals surface area contributed by atoms with Crippen molar-refractivity contribution in [3.05, 3.63) is 112 Å². The first kappa shape index (κ1) is 56.0. The number of thiazole rings is 1. The number of rotatable bonds is 25. The number of aryl methyl sites for hydroxylation is 2. The SMILES string of the molecule is Cc1cccc(/C=N/Nc2cc(N3CCOCC3)nc(OCCc3ccc(NC(=O)CCCCCCCCCC(=O)N[C@H](C(=O)N4C[C@H](O)C[C@H]4C(=O)NCc4ccc(-c5scnc5C)cc4)C(C)(C)C)cc3)n2)c1. The minimum Gasteiger partial charge on any atom is -0.463 e. The van der Waals surface area contributed by atoms with Gasteiger partial charge in [-0.05, 0) is 66.5 Å². The molecule has 0 aliphatic carbocycles. The van der Waals surface area contributed by atoms with Crippen molar-refractivity contribution in [1.29, 1.82) is 0 Å². The van der Waals surface area contributed by atoms with E-state index in [1.165, 1.54) is 4.90 Å². The molecule has 0 spiro atoms. The molecule has 2 saturated heterocycles. The molecule has 5 aromatic rings. The molecule has 2 aliphatic rings. The van der Waals surface area contributed by atoms with Gasteiger partial charge in [0.25, 0.3) is 0 Å². The van der Waals surface area contributed by atoms with E-state index in [0.29, 0.717) is 44.9 Å². The second kappa shape index (κ2) is 27.7. The molecular formula is C57H74N10O7S. The van der Waals surface area contributed by atoms with Crippen LogP contribution in [0.1, 0.15) is 113 Å². The predicted octanol–water partition coefficient (Wildman–Crippen LogP) is 8.38. The van der Waals surface area contributed by atoms with E-state index in [0.717, 1.165) is 102 Å². The zero-order chi connectivity index (χ0) is 53.2. The molecule has 75 heavy (non-hydrogen) atoms. The fourth-order valence-electron chi connectivity index (χ4n) is 9.12. The number of unbranched alkanes of at least 4 members (excludes halogenated alkanes) is 6. The average Bonchev–Trinajstić information content (AvgIpc) is 4.02. The molecule has 7 rings (SSSR count). The first-order valence-electron chi connectivity index (χ1n) is 26.3. The van der Waals surface area contributed by atoms with Crippen molar-refractivity contribution < 1.29 is 33.8 Å². The highest BCUT2D eigenvalue weighted by Gasteiger charge is 2.44. The van der Waals surface area contributed by atoms with Gasteiger partial charge in [-0.2, -0.15) is 15.1 Å². The van der Waals surface area contributed by atoms with Gasteiger partial charge in [0.15, 0.2) is 5.82 Å². The summed E-state index contributed by atoms with van der Waals surface area (Å²) in [5, 5.41) is 23.9. The number of ether oxygens (including phenoxy) is 2. The summed E-state index contributed by atoms with van der Waals surface area (Å²) in [6, 6.07) is 24.2. The molecular weight excluding hydrogens is 969 g/mol. The topological polar surface area (TPSA) is 213 Å². The normalized spacial score (nSPS) is 16.2. The van der Waals surface area contributed by atoms with Crippen LogP contribution >= 0.6 is 11.3 Å². The van der Waals surface area contributed by atoms with Crippen molar-refractivity contribution in [2.75, 3.05) is 55.1 Å². The molecule has 400 valence electrons. The van der Waals surface area contributed by atoms with E-state index in [1.54, 1.807) is 17.6 Å². The third-order valence-corrected chi connectivity index (χ3v) is 14.3. The maximum atomic E-state index is 14.0. The van der Waals surface area contributed by atoms with Gasteiger partial charge in [0, 0.05) is 63.6 Å². The third-order valence-electron chi connectivity index (χ3n) is 13.3. The van der Waals surface area contributed by atoms with Crippen molar-refractivity contribution in [1.82, 2.24) is 30.5 Å². The Morgan fingerprint density at radius 2 is 1.57 bits per heavy atom. The maximum absolute atomic E-state index is 14.0. The number of benzene rings is 3. The maximum Gasteiger partial charge on any atom is 0.320 e. The summed E-state index contributed by atoms with van der Waals surface area (Å²) < 4.78 is 11.6. The largest absolute Gasteiger partial charge is 0.463 e. The number of carbonyl (C=O) groups is 4. The van der Waals surface area contributed by atoms with E-state index in [4.69, 9.17) is 9.47 Å². The lowest BCUT2D eigenvalue weighted by molar-refractivity contribution is -0.144. The van der Waals surface area contributed by atoms with E-state index >= 15 is 0 Å². The van der Waals surface area contributed by atoms with Crippen molar-refractivity contribution in [3.8, 4) is 16.5 Å². The van der Waals surface area contributed by atoms with Crippen LogP contribution in [0.5, 0.6) is 6.01 Å². The molecule has 2 aromatic heterocycles. The minimum atomic E-state index is -0.864. The number of anilines is 3. The van der Waals surface area contributed by atoms with E-state index in [1.807, 2.05) is 113 Å². The Balaban J connectivity index is 0.755. The lowest BCUT2D eigenvalue weighted by Crippen LogP contribution is -2.57. The monoisotopic (exact) mass is 1040 g/mol. The van der Waals surface area contributed by atoms with Gasteiger partial charge >= 0.3 is 6.01 Å². The summed E-state index contributed by atoms with van der Waals surface area (Å²) >= 11 is 1.58. The van der Waals surface area contributed by atoms with Crippen LogP contribution in [-0.2, 0) is 36.9 Å². The van der Waals surface area contributed by atoms with Crippen molar-refractivity contribution in [3.63, 3.8) is 0 Å². The van der Waals surface area contributed by atoms with Crippen LogP contribution in [-0.4, -0.2) is 112 Å². The van der Waals surface area contributed by atoms with Gasteiger partial charge in [-0.15, -0.1) is 11.3 Å². The number of aromatic nitrogens is 3. The Labute approximate surface area is 445 Å². The number of aliphatic hydroxyl groups is 1. The van der Waals surface area contributed by atoms with Crippen molar-refractivity contribution in [2.45, 2.75) is 130 Å². The highest BCUT2D eigenvalue weighted by atomic mass is 32.1. The number of nitrogens with zero attached hydrogens (tertiary/aromatic N) is 6. The van der Waals surface area contributed by atoms with Gasteiger partial charge < -0.3 is 40.3 Å². The molecule has 3 aromatic carbocycles. The second-order valence-corrected chi connectivity index (χ2v) is 21.4. The van der Waals surface area contributed by atoms with E-state index in [2.05, 4.69) is 52.4 Å². The number of aliphatic hydroxyl groups excluding tert-OH is 1. The molecule has 0 saturated carbocycles. The molecule has 17 nitrogen and oxygen atoms in total. The molecule has 0 unspecified atom stereocenters. The second-order valence-electron chi connectivity index (χ2n) is 20.5. The number of nitrogens with one attached hydrogen (secondary N) is 4. The molecule has 2 fully saturated rings. The number of amides is 4. The summed E-state index contributed by atoms with van der Waals surface area (Å²) in [4.78, 5) is 71.7. The van der Waals surface area contributed by atoms with Crippen molar-refractivity contribution >= 4 is 58.5 Å². The lowest BCUT2D eigenvalue weighted by atomic mass is 9.85. The predicted molar refractivity (Wildman–Crippen MR) is 295 cm³/mol. The fraction of sp³-hybridized carbons (Fsp3) is 0.474. The Hall–Kier alpha value is -6.76. The minimum absolute atomic E-state index is 0.0194. The number of carbonyl (C=O) groups excluding carboxylic acids is 4. The molecule has 4 heterocycles. The number of hydrazone groups is 1. The lowest BCUT2D eigenvalue weighted by Gasteiger charge is -2.35. The van der Waals surface area contributed by atoms with E-state index in [-0.39, 0.29) is 55.6 Å². The van der Waals surface area contributed by atoms with Crippen LogP contribution in [0.2, 0.25) is 0 Å². The van der Waals surface area contributed by atoms with E-state index in [9.17, 15) is 24.3 Å². The zero-order valence-corrected chi connectivity index (χ0v) is 44.9. The fourth-order valence-corrected chi connectivity index (χ4v) is 9.93. The number of β-amino-alcohol motifs (C(OH)–C–C–N with tert-alkyl or cyclic N) is 1. The number of hydrogen-bond donors (Lipinski definition) is 5. The summed E-state index contributed by atoms with van der Waals surface area (Å²) in [7, 11) is 0. The van der Waals surface area contributed by atoms with Crippen LogP contribution in [0.3, 0.4) is 0 Å². The number of likely N-dealkylation sites (tertiary alicyclic amines) is 1. The summed E-state index contributed by atoms with van der Waals surface area (Å²) in [6.07, 6.45) is 8.63. The Morgan fingerprint density at radius 1 is 0.880 bits per heavy atom. The molecule has 4 amide bonds. The summed E-state index contributed by atoms with van der Waals surface area (Å²) in [5.41, 5.74) is 11.1. The Morgan fingerprint density at radius 3 is 2.25 bits per heavy atom. The smallest absolute Gasteiger partial charge is 0.320 e. The van der Waals surface area contributed by atoms with Crippen LogP contribution in [0.15, 0.2) is 89.5 Å². The van der Waals surface area contributed by atoms with Gasteiger partial charge in [0.1, 0.15) is 17.9 Å².